The number of hydrogen-bond acceptors (Lipinski definition) is 4. The lowest BCUT2D eigenvalue weighted by molar-refractivity contribution is -0.122. The van der Waals surface area contributed by atoms with Crippen LogP contribution in [0.4, 0.5) is 0 Å². The van der Waals surface area contributed by atoms with Crippen molar-refractivity contribution in [3.63, 3.8) is 0 Å². The van der Waals surface area contributed by atoms with Crippen molar-refractivity contribution in [2.75, 3.05) is 39.3 Å². The first-order chi connectivity index (χ1) is 8.26. The molecule has 0 atom stereocenters. The molecule has 0 bridgehead atoms. The lowest BCUT2D eigenvalue weighted by Gasteiger charge is -2.31. The minimum atomic E-state index is 0.133. The van der Waals surface area contributed by atoms with Crippen molar-refractivity contribution >= 4 is 5.91 Å². The van der Waals surface area contributed by atoms with Gasteiger partial charge in [-0.15, -0.1) is 0 Å². The summed E-state index contributed by atoms with van der Waals surface area (Å²) in [5.41, 5.74) is 5.40. The van der Waals surface area contributed by atoms with Crippen molar-refractivity contribution in [1.29, 1.82) is 0 Å². The van der Waals surface area contributed by atoms with Crippen molar-refractivity contribution in [2.45, 2.75) is 32.3 Å². The van der Waals surface area contributed by atoms with Crippen LogP contribution >= 0.6 is 0 Å². The Balaban J connectivity index is 2.12. The number of hydrogen-bond donors (Lipinski definition) is 2. The van der Waals surface area contributed by atoms with E-state index in [4.69, 9.17) is 10.5 Å². The molecule has 0 aliphatic carbocycles. The summed E-state index contributed by atoms with van der Waals surface area (Å²) in [5, 5.41) is 2.90. The Morgan fingerprint density at radius 2 is 2.18 bits per heavy atom. The summed E-state index contributed by atoms with van der Waals surface area (Å²) in [5.74, 6) is 0.133. The normalized spacial score (nSPS) is 18.2. The van der Waals surface area contributed by atoms with Crippen LogP contribution in [0.15, 0.2) is 0 Å². The molecule has 5 heteroatoms. The van der Waals surface area contributed by atoms with Crippen LogP contribution in [0, 0.1) is 0 Å². The van der Waals surface area contributed by atoms with Crippen molar-refractivity contribution in [3.05, 3.63) is 0 Å². The second kappa shape index (κ2) is 8.44. The fourth-order valence-corrected chi connectivity index (χ4v) is 1.99. The van der Waals surface area contributed by atoms with E-state index in [9.17, 15) is 4.79 Å². The molecule has 1 saturated heterocycles. The molecule has 3 N–H and O–H groups in total. The molecule has 0 aromatic heterocycles. The minimum Gasteiger partial charge on any atom is -0.377 e. The second-order valence-corrected chi connectivity index (χ2v) is 4.48. The van der Waals surface area contributed by atoms with E-state index >= 15 is 0 Å². The Bertz CT molecular complexity index is 216. The molecule has 0 radical (unpaired) electrons. The van der Waals surface area contributed by atoms with E-state index in [1.54, 1.807) is 0 Å². The predicted octanol–water partition coefficient (Wildman–Crippen LogP) is -0.0477. The van der Waals surface area contributed by atoms with Gasteiger partial charge in [-0.2, -0.15) is 0 Å². The Labute approximate surface area is 104 Å². The first-order valence-corrected chi connectivity index (χ1v) is 6.57. The van der Waals surface area contributed by atoms with E-state index in [1.807, 2.05) is 0 Å². The summed E-state index contributed by atoms with van der Waals surface area (Å²) in [6.45, 7) is 6.45. The van der Waals surface area contributed by atoms with Gasteiger partial charge in [-0.05, 0) is 19.3 Å². The molecule has 1 amide bonds. The molecule has 17 heavy (non-hydrogen) atoms. The molecule has 1 fully saturated rings. The maximum Gasteiger partial charge on any atom is 0.234 e. The smallest absolute Gasteiger partial charge is 0.234 e. The van der Waals surface area contributed by atoms with E-state index in [2.05, 4.69) is 17.1 Å². The molecule has 0 aromatic rings. The Kier molecular flexibility index (Phi) is 7.16. The van der Waals surface area contributed by atoms with Gasteiger partial charge in [0.25, 0.3) is 0 Å². The first kappa shape index (κ1) is 14.4. The Hall–Kier alpha value is -0.650. The van der Waals surface area contributed by atoms with Gasteiger partial charge < -0.3 is 15.8 Å². The molecule has 1 aliphatic heterocycles. The number of ether oxygens (including phenoxy) is 1. The lowest BCUT2D eigenvalue weighted by Crippen LogP contribution is -2.43. The van der Waals surface area contributed by atoms with Crippen LogP contribution in [0.1, 0.15) is 26.2 Å². The third-order valence-electron chi connectivity index (χ3n) is 2.95. The summed E-state index contributed by atoms with van der Waals surface area (Å²) in [6, 6.07) is 0. The molecule has 1 rings (SSSR count). The lowest BCUT2D eigenvalue weighted by atomic mass is 10.1. The van der Waals surface area contributed by atoms with Gasteiger partial charge in [0.15, 0.2) is 0 Å². The van der Waals surface area contributed by atoms with Crippen molar-refractivity contribution in [1.82, 2.24) is 10.2 Å². The van der Waals surface area contributed by atoms with Gasteiger partial charge in [0.05, 0.1) is 19.3 Å². The van der Waals surface area contributed by atoms with E-state index in [0.29, 0.717) is 25.8 Å². The number of nitrogens with two attached hydrogens (primary N) is 1. The van der Waals surface area contributed by atoms with Crippen molar-refractivity contribution in [2.24, 2.45) is 5.73 Å². The van der Waals surface area contributed by atoms with Crippen LogP contribution in [0.25, 0.3) is 0 Å². The summed E-state index contributed by atoms with van der Waals surface area (Å²) in [4.78, 5) is 13.7. The molecule has 0 aromatic carbocycles. The zero-order valence-electron chi connectivity index (χ0n) is 10.8. The third kappa shape index (κ3) is 6.00. The number of carbonyl (C=O) groups is 1. The molecule has 1 aliphatic rings. The Morgan fingerprint density at radius 3 is 2.76 bits per heavy atom. The van der Waals surface area contributed by atoms with E-state index in [0.717, 1.165) is 38.9 Å². The van der Waals surface area contributed by atoms with Gasteiger partial charge in [0.1, 0.15) is 0 Å². The second-order valence-electron chi connectivity index (χ2n) is 4.48. The number of amides is 1. The van der Waals surface area contributed by atoms with Gasteiger partial charge in [-0.1, -0.05) is 6.92 Å². The highest BCUT2D eigenvalue weighted by molar-refractivity contribution is 5.77. The monoisotopic (exact) mass is 243 g/mol. The molecule has 0 saturated carbocycles. The van der Waals surface area contributed by atoms with Crippen LogP contribution in [0.3, 0.4) is 0 Å². The highest BCUT2D eigenvalue weighted by Gasteiger charge is 2.20. The summed E-state index contributed by atoms with van der Waals surface area (Å²) in [7, 11) is 0. The zero-order valence-corrected chi connectivity index (χ0v) is 10.8. The number of nitrogens with one attached hydrogen (secondary N) is 1. The topological polar surface area (TPSA) is 67.6 Å². The molecule has 5 nitrogen and oxygen atoms in total. The minimum absolute atomic E-state index is 0.133. The highest BCUT2D eigenvalue weighted by atomic mass is 16.5. The van der Waals surface area contributed by atoms with Gasteiger partial charge in [-0.3, -0.25) is 9.69 Å². The average Bonchev–Trinajstić information content (AvgIpc) is 2.35. The Morgan fingerprint density at radius 1 is 1.47 bits per heavy atom. The predicted molar refractivity (Wildman–Crippen MR) is 67.8 cm³/mol. The maximum atomic E-state index is 11.5. The SMILES string of the molecule is CCCNC(=O)CN1CCC(OCCN)CC1. The number of likely N-dealkylation sites (tertiary alicyclic amines) is 1. The standard InChI is InChI=1S/C12H25N3O2/c1-2-6-14-12(16)10-15-7-3-11(4-8-15)17-9-5-13/h11H,2-10,13H2,1H3,(H,14,16). The molecule has 0 spiro atoms. The molecular weight excluding hydrogens is 218 g/mol. The number of nitrogens with zero attached hydrogens (tertiary/aromatic N) is 1. The van der Waals surface area contributed by atoms with Crippen LogP contribution in [0.5, 0.6) is 0 Å². The number of carbonyl (C=O) groups excluding carboxylic acids is 1. The summed E-state index contributed by atoms with van der Waals surface area (Å²) < 4.78 is 5.60. The molecule has 100 valence electrons. The van der Waals surface area contributed by atoms with Crippen molar-refractivity contribution in [3.8, 4) is 0 Å². The number of rotatable bonds is 7. The summed E-state index contributed by atoms with van der Waals surface area (Å²) >= 11 is 0. The first-order valence-electron chi connectivity index (χ1n) is 6.57. The van der Waals surface area contributed by atoms with Gasteiger partial charge >= 0.3 is 0 Å². The van der Waals surface area contributed by atoms with Crippen LogP contribution < -0.4 is 11.1 Å². The molecular formula is C12H25N3O2. The highest BCUT2D eigenvalue weighted by Crippen LogP contribution is 2.12. The van der Waals surface area contributed by atoms with Crippen LogP contribution in [0.2, 0.25) is 0 Å². The van der Waals surface area contributed by atoms with E-state index in [-0.39, 0.29) is 5.91 Å². The quantitative estimate of drug-likeness (QED) is 0.658. The summed E-state index contributed by atoms with van der Waals surface area (Å²) in [6.07, 6.45) is 3.32. The van der Waals surface area contributed by atoms with Crippen LogP contribution in [-0.2, 0) is 9.53 Å². The largest absolute Gasteiger partial charge is 0.377 e. The van der Waals surface area contributed by atoms with Crippen molar-refractivity contribution < 1.29 is 9.53 Å². The third-order valence-corrected chi connectivity index (χ3v) is 2.95. The van der Waals surface area contributed by atoms with Crippen LogP contribution in [-0.4, -0.2) is 56.2 Å². The molecule has 1 heterocycles. The fraction of sp³-hybridized carbons (Fsp3) is 0.917. The number of piperidine rings is 1. The fourth-order valence-electron chi connectivity index (χ4n) is 1.99. The zero-order chi connectivity index (χ0) is 12.5. The maximum absolute atomic E-state index is 11.5. The molecule has 0 unspecified atom stereocenters. The van der Waals surface area contributed by atoms with E-state index < -0.39 is 0 Å². The van der Waals surface area contributed by atoms with Gasteiger partial charge in [0, 0.05) is 26.2 Å². The average molecular weight is 243 g/mol. The van der Waals surface area contributed by atoms with Gasteiger partial charge in [0.2, 0.25) is 5.91 Å². The van der Waals surface area contributed by atoms with Gasteiger partial charge in [-0.25, -0.2) is 0 Å². The van der Waals surface area contributed by atoms with E-state index in [1.165, 1.54) is 0 Å².